The van der Waals surface area contributed by atoms with Crippen LogP contribution >= 0.6 is 11.6 Å². The zero-order valence-electron chi connectivity index (χ0n) is 35.6. The number of primary amides is 1. The lowest BCUT2D eigenvalue weighted by atomic mass is 9.85. The molecule has 4 amide bonds. The standard InChI is InChI=1S/C45H54ClN9O7/c1-26-5-6-30(17-28(26)19-38(27(2)56)61-24-39(47)57)49-41-36(46)22-48-44(51-41)52-13-11-33(12-14-52)62-34-20-32(21-34)53-15-16-55(45(3,4)25-53)31-7-8-35-29(18-31)23-54(43(35)60)37-9-10-40(58)50-42(37)59/h5-8,17-19,22,32-34,37H,9-16,20-21,23-25H2,1-4H3,(H2,47,57)(H,48,49,51)(H,50,58,59)/b38-19+. The highest BCUT2D eigenvalue weighted by atomic mass is 35.5. The van der Waals surface area contributed by atoms with E-state index in [9.17, 15) is 24.0 Å². The third-order valence-corrected chi connectivity index (χ3v) is 13.0. The minimum absolute atomic E-state index is 0.0348. The van der Waals surface area contributed by atoms with Crippen LogP contribution in [0.4, 0.5) is 23.1 Å². The molecule has 1 saturated carbocycles. The van der Waals surface area contributed by atoms with Gasteiger partial charge in [-0.15, -0.1) is 0 Å². The molecule has 4 fully saturated rings. The number of ether oxygens (including phenoxy) is 2. The van der Waals surface area contributed by atoms with Gasteiger partial charge in [0.2, 0.25) is 17.8 Å². The maximum Gasteiger partial charge on any atom is 0.255 e. The quantitative estimate of drug-likeness (QED) is 0.124. The van der Waals surface area contributed by atoms with E-state index in [1.54, 1.807) is 17.2 Å². The molecule has 1 aromatic heterocycles. The predicted molar refractivity (Wildman–Crippen MR) is 234 cm³/mol. The van der Waals surface area contributed by atoms with Crippen molar-refractivity contribution in [3.63, 3.8) is 0 Å². The van der Waals surface area contributed by atoms with E-state index in [0.717, 1.165) is 80.8 Å². The van der Waals surface area contributed by atoms with Gasteiger partial charge in [0.15, 0.2) is 24.0 Å². The van der Waals surface area contributed by atoms with Crippen LogP contribution < -0.4 is 26.2 Å². The van der Waals surface area contributed by atoms with Gasteiger partial charge in [0, 0.05) is 81.1 Å². The van der Waals surface area contributed by atoms with E-state index in [0.29, 0.717) is 47.0 Å². The Morgan fingerprint density at radius 1 is 1.03 bits per heavy atom. The Balaban J connectivity index is 0.805. The molecule has 1 unspecified atom stereocenters. The number of benzene rings is 2. The fourth-order valence-electron chi connectivity index (χ4n) is 9.27. The molecule has 0 spiro atoms. The number of anilines is 4. The molecule has 0 bridgehead atoms. The zero-order valence-corrected chi connectivity index (χ0v) is 36.4. The van der Waals surface area contributed by atoms with Crippen LogP contribution in [0, 0.1) is 6.92 Å². The molecule has 1 aliphatic carbocycles. The van der Waals surface area contributed by atoms with E-state index in [1.807, 2.05) is 37.3 Å². The summed E-state index contributed by atoms with van der Waals surface area (Å²) < 4.78 is 12.0. The van der Waals surface area contributed by atoms with E-state index in [1.165, 1.54) is 6.92 Å². The van der Waals surface area contributed by atoms with Gasteiger partial charge in [-0.25, -0.2) is 4.98 Å². The summed E-state index contributed by atoms with van der Waals surface area (Å²) in [6.07, 6.45) is 7.91. The number of halogens is 1. The molecular formula is C45H54ClN9O7. The number of hydrogen-bond acceptors (Lipinski definition) is 13. The van der Waals surface area contributed by atoms with Crippen molar-refractivity contribution in [3.8, 4) is 0 Å². The second kappa shape index (κ2) is 17.7. The van der Waals surface area contributed by atoms with E-state index >= 15 is 0 Å². The Labute approximate surface area is 366 Å². The summed E-state index contributed by atoms with van der Waals surface area (Å²) in [7, 11) is 0. The maximum absolute atomic E-state index is 13.3. The average molecular weight is 868 g/mol. The molecule has 3 saturated heterocycles. The fourth-order valence-corrected chi connectivity index (χ4v) is 9.40. The van der Waals surface area contributed by atoms with Crippen molar-refractivity contribution in [1.29, 1.82) is 0 Å². The van der Waals surface area contributed by atoms with Crippen molar-refractivity contribution in [3.05, 3.63) is 75.6 Å². The molecule has 16 nitrogen and oxygen atoms in total. The number of imide groups is 1. The Morgan fingerprint density at radius 2 is 1.81 bits per heavy atom. The normalized spacial score (nSPS) is 23.2. The van der Waals surface area contributed by atoms with Crippen molar-refractivity contribution in [1.82, 2.24) is 25.1 Å². The number of aromatic nitrogens is 2. The van der Waals surface area contributed by atoms with Gasteiger partial charge in [-0.1, -0.05) is 17.7 Å². The monoisotopic (exact) mass is 867 g/mol. The Hall–Kier alpha value is -5.58. The lowest BCUT2D eigenvalue weighted by Gasteiger charge is -2.53. The van der Waals surface area contributed by atoms with Crippen LogP contribution in [0.25, 0.3) is 6.08 Å². The average Bonchev–Trinajstić information content (AvgIpc) is 3.53. The van der Waals surface area contributed by atoms with Gasteiger partial charge in [0.25, 0.3) is 11.8 Å². The van der Waals surface area contributed by atoms with Crippen LogP contribution in [0.15, 0.2) is 48.4 Å². The van der Waals surface area contributed by atoms with E-state index in [4.69, 9.17) is 31.8 Å². The molecule has 17 heteroatoms. The van der Waals surface area contributed by atoms with Gasteiger partial charge in [0.1, 0.15) is 11.1 Å². The molecule has 2 aromatic carbocycles. The minimum Gasteiger partial charge on any atom is -0.480 e. The van der Waals surface area contributed by atoms with E-state index in [-0.39, 0.29) is 47.5 Å². The number of nitrogens with one attached hydrogen (secondary N) is 2. The summed E-state index contributed by atoms with van der Waals surface area (Å²) in [6, 6.07) is 11.5. The number of aryl methyl sites for hydroxylation is 1. The van der Waals surface area contributed by atoms with Gasteiger partial charge in [-0.2, -0.15) is 4.98 Å². The van der Waals surface area contributed by atoms with Crippen LogP contribution in [-0.4, -0.2) is 118 Å². The third kappa shape index (κ3) is 9.27. The first-order valence-electron chi connectivity index (χ1n) is 21.4. The summed E-state index contributed by atoms with van der Waals surface area (Å²) in [5, 5.41) is 6.04. The molecule has 62 heavy (non-hydrogen) atoms. The second-order valence-electron chi connectivity index (χ2n) is 17.6. The van der Waals surface area contributed by atoms with Crippen molar-refractivity contribution in [2.75, 3.05) is 54.4 Å². The van der Waals surface area contributed by atoms with Crippen LogP contribution in [0.1, 0.15) is 86.3 Å². The summed E-state index contributed by atoms with van der Waals surface area (Å²) in [6.45, 7) is 12.0. The molecule has 0 radical (unpaired) electrons. The highest BCUT2D eigenvalue weighted by molar-refractivity contribution is 6.33. The van der Waals surface area contributed by atoms with Crippen molar-refractivity contribution < 1.29 is 33.4 Å². The highest BCUT2D eigenvalue weighted by Crippen LogP contribution is 2.38. The first-order chi connectivity index (χ1) is 29.6. The van der Waals surface area contributed by atoms with Crippen LogP contribution in [0.3, 0.4) is 0 Å². The molecule has 3 aromatic rings. The van der Waals surface area contributed by atoms with Crippen molar-refractivity contribution in [2.24, 2.45) is 5.73 Å². The Bertz CT molecular complexity index is 2310. The lowest BCUT2D eigenvalue weighted by Crippen LogP contribution is -2.64. The molecule has 4 aliphatic heterocycles. The number of ketones is 1. The Morgan fingerprint density at radius 3 is 2.52 bits per heavy atom. The summed E-state index contributed by atoms with van der Waals surface area (Å²) in [5.41, 5.74) is 10.0. The number of piperidine rings is 2. The van der Waals surface area contributed by atoms with Gasteiger partial charge in [0.05, 0.1) is 18.4 Å². The largest absolute Gasteiger partial charge is 0.480 e. The number of carbonyl (C=O) groups excluding carboxylic acids is 5. The number of Topliss-reactive ketones (excluding diaryl/α,β-unsaturated/α-hetero) is 1. The zero-order chi connectivity index (χ0) is 43.9. The number of rotatable bonds is 13. The number of fused-ring (bicyclic) bond motifs is 1. The van der Waals surface area contributed by atoms with Gasteiger partial charge < -0.3 is 35.2 Å². The number of nitrogens with two attached hydrogens (primary N) is 1. The number of carbonyl (C=O) groups is 5. The first-order valence-corrected chi connectivity index (χ1v) is 21.7. The topological polar surface area (TPSA) is 193 Å². The van der Waals surface area contributed by atoms with Crippen LogP contribution in [0.5, 0.6) is 0 Å². The minimum atomic E-state index is -0.672. The van der Waals surface area contributed by atoms with Gasteiger partial charge in [-0.05, 0) is 106 Å². The van der Waals surface area contributed by atoms with E-state index < -0.39 is 24.5 Å². The van der Waals surface area contributed by atoms with Gasteiger partial charge >= 0.3 is 0 Å². The van der Waals surface area contributed by atoms with Gasteiger partial charge in [-0.3, -0.25) is 34.2 Å². The molecule has 4 N–H and O–H groups in total. The highest BCUT2D eigenvalue weighted by Gasteiger charge is 2.43. The predicted octanol–water partition coefficient (Wildman–Crippen LogP) is 4.49. The summed E-state index contributed by atoms with van der Waals surface area (Å²) in [5.74, 6) is -0.767. The SMILES string of the molecule is CC(=O)/C(=C\c1cc(Nc2nc(N3CCC(OC4CC(N5CCN(c6ccc7c(c6)CN(C6CCC(=O)NC6=O)C7=O)C(C)(C)C5)C4)CC3)ncc2Cl)ccc1C)OCC(N)=O. The summed E-state index contributed by atoms with van der Waals surface area (Å²) >= 11 is 6.55. The molecular weight excluding hydrogens is 814 g/mol. The number of amides is 4. The molecule has 5 heterocycles. The lowest BCUT2D eigenvalue weighted by molar-refractivity contribution is -0.137. The van der Waals surface area contributed by atoms with E-state index in [2.05, 4.69) is 50.2 Å². The molecule has 5 aliphatic rings. The number of piperazine rings is 1. The second-order valence-corrected chi connectivity index (χ2v) is 18.0. The Kier molecular flexibility index (Phi) is 12.3. The van der Waals surface area contributed by atoms with Crippen LogP contribution in [0.2, 0.25) is 5.02 Å². The first kappa shape index (κ1) is 43.1. The van der Waals surface area contributed by atoms with Crippen molar-refractivity contribution >= 4 is 70.2 Å². The molecule has 1 atom stereocenters. The summed E-state index contributed by atoms with van der Waals surface area (Å²) in [4.78, 5) is 79.0. The fraction of sp³-hybridized carbons (Fsp3) is 0.489. The smallest absolute Gasteiger partial charge is 0.255 e. The third-order valence-electron chi connectivity index (χ3n) is 12.7. The van der Waals surface area contributed by atoms with Crippen molar-refractivity contribution in [2.45, 2.75) is 103 Å². The number of allylic oxidation sites excluding steroid dienone is 1. The molecule has 328 valence electrons. The maximum atomic E-state index is 13.3. The number of hydrogen-bond donors (Lipinski definition) is 3. The van der Waals surface area contributed by atoms with Crippen LogP contribution in [-0.2, 0) is 35.2 Å². The molecule has 8 rings (SSSR count). The number of nitrogens with zero attached hydrogens (tertiary/aromatic N) is 6.